The lowest BCUT2D eigenvalue weighted by Crippen LogP contribution is -2.42. The zero-order valence-corrected chi connectivity index (χ0v) is 10.5. The van der Waals surface area contributed by atoms with Crippen LogP contribution in [0.25, 0.3) is 0 Å². The maximum Gasteiger partial charge on any atom is 0.335 e. The van der Waals surface area contributed by atoms with Gasteiger partial charge < -0.3 is 14.6 Å². The number of carbonyl (C=O) groups excluding carboxylic acids is 1. The van der Waals surface area contributed by atoms with E-state index in [2.05, 4.69) is 4.90 Å². The van der Waals surface area contributed by atoms with E-state index in [-0.39, 0.29) is 12.1 Å². The van der Waals surface area contributed by atoms with Gasteiger partial charge >= 0.3 is 5.97 Å². The fourth-order valence-electron chi connectivity index (χ4n) is 2.79. The molecular weight excluding hydrogens is 238 g/mol. The van der Waals surface area contributed by atoms with Gasteiger partial charge in [-0.05, 0) is 26.2 Å². The summed E-state index contributed by atoms with van der Waals surface area (Å²) in [6.07, 6.45) is 2.19. The maximum absolute atomic E-state index is 11.1. The molecule has 6 nitrogen and oxygen atoms in total. The van der Waals surface area contributed by atoms with Crippen LogP contribution < -0.4 is 0 Å². The van der Waals surface area contributed by atoms with Crippen molar-refractivity contribution in [1.29, 1.82) is 0 Å². The predicted octanol–water partition coefficient (Wildman–Crippen LogP) is 0.461. The smallest absolute Gasteiger partial charge is 0.335 e. The summed E-state index contributed by atoms with van der Waals surface area (Å²) in [5.74, 6) is -1.04. The number of hydrogen-bond donors (Lipinski definition) is 1. The van der Waals surface area contributed by atoms with Crippen molar-refractivity contribution in [2.24, 2.45) is 5.92 Å². The van der Waals surface area contributed by atoms with Crippen molar-refractivity contribution in [3.63, 3.8) is 0 Å². The van der Waals surface area contributed by atoms with Crippen molar-refractivity contribution < 1.29 is 24.2 Å². The van der Waals surface area contributed by atoms with E-state index in [9.17, 15) is 9.59 Å². The first-order chi connectivity index (χ1) is 8.57. The van der Waals surface area contributed by atoms with Crippen molar-refractivity contribution >= 4 is 12.4 Å². The molecule has 2 aliphatic heterocycles. The number of carbonyl (C=O) groups is 2. The van der Waals surface area contributed by atoms with E-state index in [0.29, 0.717) is 19.5 Å². The van der Waals surface area contributed by atoms with E-state index < -0.39 is 11.6 Å². The molecule has 0 aliphatic carbocycles. The predicted molar refractivity (Wildman–Crippen MR) is 61.8 cm³/mol. The van der Waals surface area contributed by atoms with Crippen molar-refractivity contribution in [3.05, 3.63) is 0 Å². The summed E-state index contributed by atoms with van der Waals surface area (Å²) in [6, 6.07) is 0. The zero-order valence-electron chi connectivity index (χ0n) is 10.5. The van der Waals surface area contributed by atoms with E-state index >= 15 is 0 Å². The molecule has 18 heavy (non-hydrogen) atoms. The number of carboxylic acid groups (broad SMARTS) is 1. The lowest BCUT2D eigenvalue weighted by molar-refractivity contribution is -0.157. The standard InChI is InChI=1S/C12H19NO5/c1-12(11(15)16)6-9(7-18-12)10(17-8-14)13-4-2-3-5-13/h8-10H,2-7H2,1H3,(H,15,16). The Bertz CT molecular complexity index is 328. The summed E-state index contributed by atoms with van der Waals surface area (Å²) in [6.45, 7) is 4.10. The molecular formula is C12H19NO5. The highest BCUT2D eigenvalue weighted by atomic mass is 16.6. The first kappa shape index (κ1) is 13.3. The van der Waals surface area contributed by atoms with Crippen LogP contribution in [-0.2, 0) is 19.1 Å². The van der Waals surface area contributed by atoms with Crippen molar-refractivity contribution in [1.82, 2.24) is 4.90 Å². The van der Waals surface area contributed by atoms with Crippen molar-refractivity contribution in [2.75, 3.05) is 19.7 Å². The second kappa shape index (κ2) is 5.24. The number of likely N-dealkylation sites (tertiary alicyclic amines) is 1. The van der Waals surface area contributed by atoms with Gasteiger partial charge in [0.2, 0.25) is 0 Å². The summed E-state index contributed by atoms with van der Waals surface area (Å²) in [5, 5.41) is 9.12. The molecule has 2 aliphatic rings. The van der Waals surface area contributed by atoms with Crippen LogP contribution in [0.2, 0.25) is 0 Å². The van der Waals surface area contributed by atoms with Crippen LogP contribution >= 0.6 is 0 Å². The van der Waals surface area contributed by atoms with Gasteiger partial charge in [0.15, 0.2) is 11.8 Å². The lowest BCUT2D eigenvalue weighted by atomic mass is 9.94. The third-order valence-electron chi connectivity index (χ3n) is 3.82. The summed E-state index contributed by atoms with van der Waals surface area (Å²) in [7, 11) is 0. The highest BCUT2D eigenvalue weighted by Gasteiger charge is 2.47. The Hall–Kier alpha value is -1.14. The average molecular weight is 257 g/mol. The van der Waals surface area contributed by atoms with E-state index in [1.165, 1.54) is 0 Å². The van der Waals surface area contributed by atoms with Crippen LogP contribution in [0.5, 0.6) is 0 Å². The first-order valence-electron chi connectivity index (χ1n) is 6.27. The summed E-state index contributed by atoms with van der Waals surface area (Å²) in [4.78, 5) is 23.8. The van der Waals surface area contributed by atoms with Crippen LogP contribution in [0.1, 0.15) is 26.2 Å². The molecule has 102 valence electrons. The Morgan fingerprint density at radius 1 is 1.56 bits per heavy atom. The molecule has 2 heterocycles. The zero-order chi connectivity index (χ0) is 13.2. The Kier molecular flexibility index (Phi) is 3.87. The molecule has 0 saturated carbocycles. The largest absolute Gasteiger partial charge is 0.479 e. The molecule has 1 N–H and O–H groups in total. The third-order valence-corrected chi connectivity index (χ3v) is 3.82. The van der Waals surface area contributed by atoms with Crippen LogP contribution in [-0.4, -0.2) is 54.0 Å². The molecule has 3 atom stereocenters. The topological polar surface area (TPSA) is 76.1 Å². The molecule has 2 rings (SSSR count). The quantitative estimate of drug-likeness (QED) is 0.721. The maximum atomic E-state index is 11.1. The fraction of sp³-hybridized carbons (Fsp3) is 0.833. The number of hydrogen-bond acceptors (Lipinski definition) is 5. The minimum absolute atomic E-state index is 0.0746. The normalized spacial score (nSPS) is 34.4. The summed E-state index contributed by atoms with van der Waals surface area (Å²) >= 11 is 0. The van der Waals surface area contributed by atoms with E-state index in [1.807, 2.05) is 0 Å². The van der Waals surface area contributed by atoms with Gasteiger partial charge in [-0.25, -0.2) is 4.79 Å². The van der Waals surface area contributed by atoms with Gasteiger partial charge in [0.05, 0.1) is 6.61 Å². The monoisotopic (exact) mass is 257 g/mol. The number of nitrogens with zero attached hydrogens (tertiary/aromatic N) is 1. The second-order valence-electron chi connectivity index (χ2n) is 5.18. The molecule has 0 amide bonds. The van der Waals surface area contributed by atoms with Gasteiger partial charge in [-0.2, -0.15) is 0 Å². The van der Waals surface area contributed by atoms with Gasteiger partial charge in [0, 0.05) is 19.0 Å². The molecule has 2 saturated heterocycles. The summed E-state index contributed by atoms with van der Waals surface area (Å²) in [5.41, 5.74) is -1.16. The molecule has 0 bridgehead atoms. The van der Waals surface area contributed by atoms with Crippen LogP contribution in [0.15, 0.2) is 0 Å². The van der Waals surface area contributed by atoms with E-state index in [4.69, 9.17) is 14.6 Å². The Morgan fingerprint density at radius 2 is 2.22 bits per heavy atom. The minimum Gasteiger partial charge on any atom is -0.479 e. The van der Waals surface area contributed by atoms with E-state index in [0.717, 1.165) is 25.9 Å². The average Bonchev–Trinajstić information content (AvgIpc) is 2.96. The van der Waals surface area contributed by atoms with Crippen LogP contribution in [0, 0.1) is 5.92 Å². The van der Waals surface area contributed by atoms with Gasteiger partial charge in [0.25, 0.3) is 6.47 Å². The van der Waals surface area contributed by atoms with Crippen LogP contribution in [0.4, 0.5) is 0 Å². The second-order valence-corrected chi connectivity index (χ2v) is 5.18. The number of aliphatic carboxylic acids is 1. The Balaban J connectivity index is 2.04. The molecule has 0 spiro atoms. The molecule has 2 fully saturated rings. The number of ether oxygens (including phenoxy) is 2. The fourth-order valence-corrected chi connectivity index (χ4v) is 2.79. The molecule has 0 aromatic carbocycles. The van der Waals surface area contributed by atoms with Crippen LogP contribution in [0.3, 0.4) is 0 Å². The first-order valence-corrected chi connectivity index (χ1v) is 6.27. The van der Waals surface area contributed by atoms with Gasteiger partial charge in [-0.1, -0.05) is 0 Å². The van der Waals surface area contributed by atoms with Gasteiger partial charge in [-0.15, -0.1) is 0 Å². The SMILES string of the molecule is CC1(C(=O)O)CC(C(OC=O)N2CCCC2)CO1. The number of carboxylic acids is 1. The summed E-state index contributed by atoms with van der Waals surface area (Å²) < 4.78 is 10.5. The lowest BCUT2D eigenvalue weighted by Gasteiger charge is -2.30. The van der Waals surface area contributed by atoms with Crippen molar-refractivity contribution in [2.45, 2.75) is 38.0 Å². The highest BCUT2D eigenvalue weighted by molar-refractivity contribution is 5.77. The van der Waals surface area contributed by atoms with Gasteiger partial charge in [-0.3, -0.25) is 9.69 Å². The van der Waals surface area contributed by atoms with Crippen molar-refractivity contribution in [3.8, 4) is 0 Å². The molecule has 0 aromatic rings. The molecule has 6 heteroatoms. The van der Waals surface area contributed by atoms with Gasteiger partial charge in [0.1, 0.15) is 0 Å². The minimum atomic E-state index is -1.16. The molecule has 0 aromatic heterocycles. The van der Waals surface area contributed by atoms with E-state index in [1.54, 1.807) is 6.92 Å². The molecule has 0 radical (unpaired) electrons. The molecule has 3 unspecified atom stereocenters. The highest BCUT2D eigenvalue weighted by Crippen LogP contribution is 2.34. The Labute approximate surface area is 106 Å². The number of rotatable bonds is 5. The Morgan fingerprint density at radius 3 is 2.72 bits per heavy atom. The third kappa shape index (κ3) is 2.49.